The molecule has 6 nitrogen and oxygen atoms in total. The second-order valence-corrected chi connectivity index (χ2v) is 8.66. The number of hydrogen-bond donors (Lipinski definition) is 1. The Balaban J connectivity index is 2.11. The van der Waals surface area contributed by atoms with Crippen molar-refractivity contribution in [2.24, 2.45) is 0 Å². The zero-order valence-electron chi connectivity index (χ0n) is 20.4. The topological polar surface area (TPSA) is 64.6 Å². The molecule has 33 heavy (non-hydrogen) atoms. The zero-order valence-corrected chi connectivity index (χ0v) is 20.4. The molecule has 0 bridgehead atoms. The minimum Gasteiger partial charge on any atom is -0.483 e. The molecule has 0 heterocycles. The third kappa shape index (κ3) is 8.39. The average molecular weight is 454 g/mol. The quantitative estimate of drug-likeness (QED) is 0.254. The van der Waals surface area contributed by atoms with E-state index in [1.165, 1.54) is 0 Å². The lowest BCUT2D eigenvalue weighted by atomic mass is 10.1. The van der Waals surface area contributed by atoms with Crippen LogP contribution in [0.2, 0.25) is 0 Å². The van der Waals surface area contributed by atoms with Gasteiger partial charge in [-0.25, -0.2) is 0 Å². The Morgan fingerprint density at radius 2 is 1.82 bits per heavy atom. The first-order valence-electron chi connectivity index (χ1n) is 11.5. The zero-order chi connectivity index (χ0) is 24.3. The summed E-state index contributed by atoms with van der Waals surface area (Å²) in [5.41, 5.74) is 1.65. The lowest BCUT2D eigenvalue weighted by Gasteiger charge is -2.29. The molecule has 0 aliphatic carbocycles. The maximum absolute atomic E-state index is 12.1. The van der Waals surface area contributed by atoms with Gasteiger partial charge in [-0.3, -0.25) is 9.59 Å². The lowest BCUT2D eigenvalue weighted by Crippen LogP contribution is -2.49. The number of para-hydroxylation sites is 1. The first-order chi connectivity index (χ1) is 15.8. The summed E-state index contributed by atoms with van der Waals surface area (Å²) < 4.78 is 12.8. The molecule has 2 aromatic rings. The molecule has 6 heteroatoms. The molecule has 178 valence electrons. The molecule has 0 aromatic heterocycles. The van der Waals surface area contributed by atoms with Gasteiger partial charge in [-0.15, -0.1) is 6.58 Å². The summed E-state index contributed by atoms with van der Waals surface area (Å²) in [4.78, 5) is 24.0. The molecule has 0 radical (unpaired) electrons. The van der Waals surface area contributed by atoms with Crippen LogP contribution in [0, 0.1) is 0 Å². The monoisotopic (exact) mass is 453 g/mol. The van der Waals surface area contributed by atoms with Crippen LogP contribution in [0.15, 0.2) is 55.1 Å². The minimum absolute atomic E-state index is 0.0444. The number of rotatable bonds is 14. The van der Waals surface area contributed by atoms with E-state index >= 15 is 0 Å². The van der Waals surface area contributed by atoms with E-state index in [1.54, 1.807) is 24.3 Å². The van der Waals surface area contributed by atoms with Crippen LogP contribution < -0.4 is 14.8 Å². The molecular formula is C27H37N2O4+. The molecule has 0 fully saturated rings. The van der Waals surface area contributed by atoms with E-state index in [2.05, 4.69) is 11.9 Å². The fourth-order valence-electron chi connectivity index (χ4n) is 3.34. The van der Waals surface area contributed by atoms with Crippen molar-refractivity contribution in [3.63, 3.8) is 0 Å². The molecule has 0 spiro atoms. The number of hydrogen-bond acceptors (Lipinski definition) is 4. The van der Waals surface area contributed by atoms with Gasteiger partial charge >= 0.3 is 0 Å². The van der Waals surface area contributed by atoms with Crippen LogP contribution in [-0.4, -0.2) is 56.5 Å². The van der Waals surface area contributed by atoms with Crippen LogP contribution >= 0.6 is 0 Å². The fourth-order valence-corrected chi connectivity index (χ4v) is 3.34. The number of amides is 1. The number of carbonyl (C=O) groups is 2. The van der Waals surface area contributed by atoms with Crippen LogP contribution in [0.4, 0.5) is 0 Å². The number of benzene rings is 2. The molecule has 1 amide bonds. The van der Waals surface area contributed by atoms with Crippen molar-refractivity contribution in [3.8, 4) is 17.2 Å². The molecule has 2 aromatic carbocycles. The van der Waals surface area contributed by atoms with Gasteiger partial charge in [-0.05, 0) is 43.2 Å². The van der Waals surface area contributed by atoms with Crippen LogP contribution in [0.3, 0.4) is 0 Å². The number of likely N-dealkylation sites (N-methyl/N-ethyl adjacent to an activating group) is 1. The van der Waals surface area contributed by atoms with Gasteiger partial charge in [0.25, 0.3) is 5.91 Å². The fraction of sp³-hybridized carbons (Fsp3) is 0.407. The molecule has 0 atom stereocenters. The van der Waals surface area contributed by atoms with E-state index in [0.29, 0.717) is 66.4 Å². The van der Waals surface area contributed by atoms with E-state index in [0.717, 1.165) is 12.0 Å². The maximum atomic E-state index is 12.1. The number of Topliss-reactive ketones (excluding diaryl/α,β-unsaturated/α-hetero) is 1. The summed E-state index contributed by atoms with van der Waals surface area (Å²) in [6.07, 6.45) is 3.86. The van der Waals surface area contributed by atoms with Crippen LogP contribution in [0.5, 0.6) is 17.2 Å². The van der Waals surface area contributed by atoms with Gasteiger partial charge in [-0.1, -0.05) is 32.1 Å². The van der Waals surface area contributed by atoms with Gasteiger partial charge in [0.2, 0.25) is 0 Å². The summed E-state index contributed by atoms with van der Waals surface area (Å²) in [5.74, 6) is 2.05. The van der Waals surface area contributed by atoms with Gasteiger partial charge < -0.3 is 19.3 Å². The van der Waals surface area contributed by atoms with Crippen molar-refractivity contribution in [1.82, 2.24) is 5.32 Å². The molecule has 0 saturated carbocycles. The second kappa shape index (κ2) is 12.8. The Hall–Kier alpha value is -3.12. The van der Waals surface area contributed by atoms with Gasteiger partial charge in [0.05, 0.1) is 14.1 Å². The highest BCUT2D eigenvalue weighted by atomic mass is 16.5. The van der Waals surface area contributed by atoms with E-state index in [9.17, 15) is 9.59 Å². The molecule has 0 aliphatic rings. The van der Waals surface area contributed by atoms with Gasteiger partial charge in [-0.2, -0.15) is 0 Å². The van der Waals surface area contributed by atoms with Crippen molar-refractivity contribution < 1.29 is 23.5 Å². The Morgan fingerprint density at radius 1 is 1.09 bits per heavy atom. The summed E-state index contributed by atoms with van der Waals surface area (Å²) in [6, 6.07) is 12.9. The molecule has 0 aliphatic heterocycles. The molecular weight excluding hydrogens is 416 g/mol. The van der Waals surface area contributed by atoms with Gasteiger partial charge in [0.1, 0.15) is 18.9 Å². The number of quaternary nitrogens is 1. The third-order valence-corrected chi connectivity index (χ3v) is 5.24. The summed E-state index contributed by atoms with van der Waals surface area (Å²) in [6.45, 7) is 9.91. The van der Waals surface area contributed by atoms with E-state index < -0.39 is 0 Å². The van der Waals surface area contributed by atoms with Gasteiger partial charge in [0, 0.05) is 24.1 Å². The van der Waals surface area contributed by atoms with Crippen molar-refractivity contribution in [3.05, 3.63) is 66.2 Å². The number of allylic oxidation sites excluding steroid dienone is 1. The summed E-state index contributed by atoms with van der Waals surface area (Å²) in [7, 11) is 4.03. The highest BCUT2D eigenvalue weighted by Crippen LogP contribution is 2.35. The first kappa shape index (κ1) is 26.1. The number of carbonyl (C=O) groups excluding carboxylic acids is 2. The summed E-state index contributed by atoms with van der Waals surface area (Å²) >= 11 is 0. The highest BCUT2D eigenvalue weighted by Gasteiger charge is 2.21. The van der Waals surface area contributed by atoms with E-state index in [1.807, 2.05) is 52.2 Å². The Kier molecular flexibility index (Phi) is 10.1. The van der Waals surface area contributed by atoms with E-state index in [-0.39, 0.29) is 11.7 Å². The molecule has 0 unspecified atom stereocenters. The number of ether oxygens (including phenoxy) is 2. The molecule has 0 saturated heterocycles. The minimum atomic E-state index is 0.0444. The van der Waals surface area contributed by atoms with Crippen molar-refractivity contribution >= 4 is 11.7 Å². The predicted octanol–water partition coefficient (Wildman–Crippen LogP) is 4.78. The second-order valence-electron chi connectivity index (χ2n) is 8.66. The predicted molar refractivity (Wildman–Crippen MR) is 132 cm³/mol. The summed E-state index contributed by atoms with van der Waals surface area (Å²) in [5, 5.41) is 2.93. The van der Waals surface area contributed by atoms with Crippen LogP contribution in [0.1, 0.15) is 42.6 Å². The first-order valence-corrected chi connectivity index (χ1v) is 11.5. The normalized spacial score (nSPS) is 11.0. The largest absolute Gasteiger partial charge is 0.483 e. The molecule has 2 rings (SSSR count). The SMILES string of the molecule is C=CCc1cccc(Oc2ccc(C(=O)CC)cc2)c1OCC[N+](C)(C)CC(=O)NCCC. The standard InChI is InChI=1S/C27H36N2O4/c1-6-10-22-11-9-12-25(33-23-15-13-21(14-16-23)24(30)8-3)27(22)32-19-18-29(4,5)20-26(31)28-17-7-2/h6,9,11-16H,1,7-8,10,17-20H2,2-5H3/p+1. The smallest absolute Gasteiger partial charge is 0.275 e. The molecule has 1 N–H and O–H groups in total. The van der Waals surface area contributed by atoms with Crippen molar-refractivity contribution in [2.75, 3.05) is 40.3 Å². The third-order valence-electron chi connectivity index (χ3n) is 5.24. The number of ketones is 1. The Labute approximate surface area is 197 Å². The van der Waals surface area contributed by atoms with Gasteiger partial charge in [0.15, 0.2) is 23.8 Å². The average Bonchev–Trinajstić information content (AvgIpc) is 2.79. The number of nitrogens with zero attached hydrogens (tertiary/aromatic N) is 1. The Morgan fingerprint density at radius 3 is 2.45 bits per heavy atom. The van der Waals surface area contributed by atoms with Crippen molar-refractivity contribution in [1.29, 1.82) is 0 Å². The maximum Gasteiger partial charge on any atom is 0.275 e. The number of nitrogens with one attached hydrogen (secondary N) is 1. The van der Waals surface area contributed by atoms with E-state index in [4.69, 9.17) is 9.47 Å². The van der Waals surface area contributed by atoms with Crippen molar-refractivity contribution in [2.45, 2.75) is 33.1 Å². The lowest BCUT2D eigenvalue weighted by molar-refractivity contribution is -0.882. The highest BCUT2D eigenvalue weighted by molar-refractivity contribution is 5.95. The van der Waals surface area contributed by atoms with Crippen LogP contribution in [0.25, 0.3) is 0 Å². The Bertz CT molecular complexity index is 936. The van der Waals surface area contributed by atoms with Crippen LogP contribution in [-0.2, 0) is 11.2 Å².